The van der Waals surface area contributed by atoms with Gasteiger partial charge in [-0.1, -0.05) is 72.3 Å². The molecule has 6 rings (SSSR count). The Hall–Kier alpha value is -4.32. The SMILES string of the molecule is Cc1ccc(S(=O)(=O)NC(=O)c2ccc(N3CCN(Cc4ccccc4-c4ccc(Cl)cc4)CC3)cc2)cc1N[C@H](CCN(C)C)CSc1ccccc1. The molecule has 0 unspecified atom stereocenters. The molecule has 1 aliphatic rings. The third-order valence-electron chi connectivity index (χ3n) is 9.66. The molecule has 1 aliphatic heterocycles. The van der Waals surface area contributed by atoms with E-state index in [1.165, 1.54) is 16.0 Å². The van der Waals surface area contributed by atoms with Crippen LogP contribution in [0.5, 0.6) is 0 Å². The zero-order valence-corrected chi connectivity index (χ0v) is 33.4. The van der Waals surface area contributed by atoms with E-state index in [1.54, 1.807) is 42.1 Å². The Morgan fingerprint density at radius 1 is 0.852 bits per heavy atom. The second kappa shape index (κ2) is 18.3. The van der Waals surface area contributed by atoms with Crippen LogP contribution in [-0.4, -0.2) is 82.7 Å². The van der Waals surface area contributed by atoms with Crippen LogP contribution >= 0.6 is 23.4 Å². The maximum Gasteiger partial charge on any atom is 0.264 e. The molecule has 5 aromatic carbocycles. The number of thioether (sulfide) groups is 1. The van der Waals surface area contributed by atoms with Crippen molar-refractivity contribution in [2.45, 2.75) is 35.7 Å². The summed E-state index contributed by atoms with van der Waals surface area (Å²) in [6.45, 7) is 7.16. The van der Waals surface area contributed by atoms with Gasteiger partial charge in [0, 0.05) is 71.4 Å². The summed E-state index contributed by atoms with van der Waals surface area (Å²) < 4.78 is 29.3. The van der Waals surface area contributed by atoms with Crippen molar-refractivity contribution >= 4 is 50.7 Å². The molecule has 0 bridgehead atoms. The number of aryl methyl sites for hydroxylation is 1. The Morgan fingerprint density at radius 2 is 1.54 bits per heavy atom. The van der Waals surface area contributed by atoms with E-state index in [-0.39, 0.29) is 16.5 Å². The lowest BCUT2D eigenvalue weighted by atomic mass is 9.99. The predicted molar refractivity (Wildman–Crippen MR) is 224 cm³/mol. The van der Waals surface area contributed by atoms with Gasteiger partial charge in [-0.3, -0.25) is 9.69 Å². The second-order valence-corrected chi connectivity index (χ2v) is 17.2. The molecule has 5 aromatic rings. The smallest absolute Gasteiger partial charge is 0.264 e. The molecule has 1 fully saturated rings. The van der Waals surface area contributed by atoms with Gasteiger partial charge in [0.1, 0.15) is 0 Å². The number of carbonyl (C=O) groups is 1. The topological polar surface area (TPSA) is 85.0 Å². The minimum Gasteiger partial charge on any atom is -0.381 e. The van der Waals surface area contributed by atoms with E-state index < -0.39 is 15.9 Å². The van der Waals surface area contributed by atoms with Gasteiger partial charge in [-0.25, -0.2) is 13.1 Å². The Morgan fingerprint density at radius 3 is 2.24 bits per heavy atom. The Kier molecular flexibility index (Phi) is 13.4. The molecule has 0 aromatic heterocycles. The van der Waals surface area contributed by atoms with Gasteiger partial charge in [-0.05, 0) is 117 Å². The first-order chi connectivity index (χ1) is 26.0. The van der Waals surface area contributed by atoms with Gasteiger partial charge in [0.25, 0.3) is 15.9 Å². The maximum absolute atomic E-state index is 13.5. The van der Waals surface area contributed by atoms with E-state index in [9.17, 15) is 13.2 Å². The highest BCUT2D eigenvalue weighted by Crippen LogP contribution is 2.28. The Balaban J connectivity index is 1.05. The third-order valence-corrected chi connectivity index (χ3v) is 12.4. The van der Waals surface area contributed by atoms with Crippen molar-refractivity contribution in [3.05, 3.63) is 143 Å². The molecule has 282 valence electrons. The van der Waals surface area contributed by atoms with Crippen molar-refractivity contribution < 1.29 is 13.2 Å². The van der Waals surface area contributed by atoms with Crippen molar-refractivity contribution in [2.24, 2.45) is 0 Å². The normalized spacial score (nSPS) is 14.2. The van der Waals surface area contributed by atoms with Crippen molar-refractivity contribution in [3.8, 4) is 11.1 Å². The van der Waals surface area contributed by atoms with Crippen LogP contribution < -0.4 is 14.9 Å². The first kappa shape index (κ1) is 39.4. The molecule has 0 saturated carbocycles. The number of hydrogen-bond donors (Lipinski definition) is 2. The lowest BCUT2D eigenvalue weighted by molar-refractivity contribution is 0.0981. The molecule has 11 heteroatoms. The summed E-state index contributed by atoms with van der Waals surface area (Å²) in [5.41, 5.74) is 6.59. The van der Waals surface area contributed by atoms with Crippen molar-refractivity contribution in [1.82, 2.24) is 14.5 Å². The van der Waals surface area contributed by atoms with E-state index in [0.29, 0.717) is 0 Å². The highest BCUT2D eigenvalue weighted by molar-refractivity contribution is 7.99. The van der Waals surface area contributed by atoms with Crippen LogP contribution in [0, 0.1) is 6.92 Å². The number of piperazine rings is 1. The largest absolute Gasteiger partial charge is 0.381 e. The van der Waals surface area contributed by atoms with E-state index in [0.717, 1.165) is 79.0 Å². The third kappa shape index (κ3) is 10.7. The summed E-state index contributed by atoms with van der Waals surface area (Å²) in [6, 6.07) is 38.9. The molecule has 2 N–H and O–H groups in total. The van der Waals surface area contributed by atoms with Crippen molar-refractivity contribution in [2.75, 3.05) is 62.8 Å². The lowest BCUT2D eigenvalue weighted by Crippen LogP contribution is -2.46. The summed E-state index contributed by atoms with van der Waals surface area (Å²) in [6.07, 6.45) is 0.880. The van der Waals surface area contributed by atoms with Gasteiger partial charge in [0.15, 0.2) is 0 Å². The summed E-state index contributed by atoms with van der Waals surface area (Å²) in [4.78, 5) is 21.4. The van der Waals surface area contributed by atoms with Crippen LogP contribution in [-0.2, 0) is 16.6 Å². The van der Waals surface area contributed by atoms with Crippen LogP contribution in [0.15, 0.2) is 131 Å². The number of rotatable bonds is 15. The van der Waals surface area contributed by atoms with E-state index >= 15 is 0 Å². The first-order valence-electron chi connectivity index (χ1n) is 18.2. The fourth-order valence-corrected chi connectivity index (χ4v) is 8.63. The summed E-state index contributed by atoms with van der Waals surface area (Å²) in [5.74, 6) is 0.153. The summed E-state index contributed by atoms with van der Waals surface area (Å²) in [7, 11) is -0.0341. The summed E-state index contributed by atoms with van der Waals surface area (Å²) in [5, 5.41) is 4.32. The van der Waals surface area contributed by atoms with Gasteiger partial charge in [0.2, 0.25) is 0 Å². The second-order valence-electron chi connectivity index (χ2n) is 13.9. The number of nitrogens with zero attached hydrogens (tertiary/aromatic N) is 3. The molecule has 1 saturated heterocycles. The Bertz CT molecular complexity index is 2110. The zero-order valence-electron chi connectivity index (χ0n) is 31.0. The number of carbonyl (C=O) groups excluding carboxylic acids is 1. The molecular formula is C43H48ClN5O3S2. The van der Waals surface area contributed by atoms with E-state index in [2.05, 4.69) is 73.3 Å². The lowest BCUT2D eigenvalue weighted by Gasteiger charge is -2.36. The van der Waals surface area contributed by atoms with Gasteiger partial charge in [-0.15, -0.1) is 11.8 Å². The van der Waals surface area contributed by atoms with E-state index in [4.69, 9.17) is 11.6 Å². The molecule has 8 nitrogen and oxygen atoms in total. The fourth-order valence-electron chi connectivity index (χ4n) is 6.51. The van der Waals surface area contributed by atoms with Gasteiger partial charge < -0.3 is 15.1 Å². The number of benzene rings is 5. The first-order valence-corrected chi connectivity index (χ1v) is 21.1. The highest BCUT2D eigenvalue weighted by atomic mass is 35.5. The number of sulfonamides is 1. The number of halogens is 1. The zero-order chi connectivity index (χ0) is 38.1. The highest BCUT2D eigenvalue weighted by Gasteiger charge is 2.23. The summed E-state index contributed by atoms with van der Waals surface area (Å²) >= 11 is 7.89. The number of anilines is 2. The van der Waals surface area contributed by atoms with Crippen LogP contribution in [0.2, 0.25) is 5.02 Å². The molecule has 1 heterocycles. The maximum atomic E-state index is 13.5. The van der Waals surface area contributed by atoms with Crippen LogP contribution in [0.4, 0.5) is 11.4 Å². The fraction of sp³-hybridized carbons (Fsp3) is 0.279. The van der Waals surface area contributed by atoms with Gasteiger partial charge >= 0.3 is 0 Å². The Labute approximate surface area is 329 Å². The molecule has 1 atom stereocenters. The quantitative estimate of drug-likeness (QED) is 0.103. The number of nitrogens with one attached hydrogen (secondary N) is 2. The minimum absolute atomic E-state index is 0.0382. The van der Waals surface area contributed by atoms with Gasteiger partial charge in [0.05, 0.1) is 4.90 Å². The number of hydrogen-bond acceptors (Lipinski definition) is 8. The predicted octanol–water partition coefficient (Wildman–Crippen LogP) is 8.28. The van der Waals surface area contributed by atoms with Crippen molar-refractivity contribution in [3.63, 3.8) is 0 Å². The van der Waals surface area contributed by atoms with Crippen molar-refractivity contribution in [1.29, 1.82) is 0 Å². The molecule has 0 spiro atoms. The average molecular weight is 782 g/mol. The van der Waals surface area contributed by atoms with Crippen LogP contribution in [0.1, 0.15) is 27.9 Å². The van der Waals surface area contributed by atoms with Crippen LogP contribution in [0.25, 0.3) is 11.1 Å². The van der Waals surface area contributed by atoms with Crippen LogP contribution in [0.3, 0.4) is 0 Å². The number of amides is 1. The van der Waals surface area contributed by atoms with E-state index in [1.807, 2.05) is 63.5 Å². The molecule has 0 radical (unpaired) electrons. The monoisotopic (exact) mass is 781 g/mol. The molecule has 0 aliphatic carbocycles. The molecule has 54 heavy (non-hydrogen) atoms. The van der Waals surface area contributed by atoms with Gasteiger partial charge in [-0.2, -0.15) is 0 Å². The molecular weight excluding hydrogens is 734 g/mol. The molecule has 1 amide bonds. The minimum atomic E-state index is -4.12. The standard InChI is InChI=1S/C43H48ClN5O3S2/c1-32-13-22-40(29-42(32)45-37(23-24-47(2)3)31-53-39-10-5-4-6-11-39)54(51,52)46-43(50)34-16-20-38(21-17-34)49-27-25-48(26-28-49)30-35-9-7-8-12-41(35)33-14-18-36(44)19-15-33/h4-22,29,37,45H,23-28,30-31H2,1-3H3,(H,46,50)/t37-/m1/s1. The average Bonchev–Trinajstić information content (AvgIpc) is 3.17.